The molecular weight excluding hydrogens is 310 g/mol. The second kappa shape index (κ2) is 6.93. The lowest BCUT2D eigenvalue weighted by molar-refractivity contribution is -0.122. The third-order valence-corrected chi connectivity index (χ3v) is 4.27. The molecule has 0 aliphatic carbocycles. The summed E-state index contributed by atoms with van der Waals surface area (Å²) in [6.07, 6.45) is 1.73. The van der Waals surface area contributed by atoms with Crippen LogP contribution in [0.15, 0.2) is 23.1 Å². The first-order chi connectivity index (χ1) is 10.1. The maximum absolute atomic E-state index is 12.3. The molecule has 1 amide bonds. The van der Waals surface area contributed by atoms with Crippen LogP contribution in [0.1, 0.15) is 5.56 Å². The van der Waals surface area contributed by atoms with Crippen molar-refractivity contribution >= 4 is 40.3 Å². The standard InChI is InChI=1S/C14H15NO4S2/c1-18-6-5-15-13(17)12(21-14(15)20)8-9-3-4-10(16)11(7-9)19-2/h3-4,7-8,16H,5-6H2,1-2H3/b12-8-. The number of benzene rings is 1. The summed E-state index contributed by atoms with van der Waals surface area (Å²) in [6.45, 7) is 0.879. The highest BCUT2D eigenvalue weighted by molar-refractivity contribution is 8.26. The highest BCUT2D eigenvalue weighted by Gasteiger charge is 2.31. The number of hydrogen-bond acceptors (Lipinski definition) is 6. The number of carbonyl (C=O) groups excluding carboxylic acids is 1. The van der Waals surface area contributed by atoms with Gasteiger partial charge in [0, 0.05) is 7.11 Å². The van der Waals surface area contributed by atoms with E-state index >= 15 is 0 Å². The predicted octanol–water partition coefficient (Wildman–Crippen LogP) is 2.25. The number of rotatable bonds is 5. The molecule has 0 saturated carbocycles. The van der Waals surface area contributed by atoms with E-state index in [1.54, 1.807) is 25.3 Å². The second-order valence-corrected chi connectivity index (χ2v) is 5.93. The van der Waals surface area contributed by atoms with Gasteiger partial charge in [-0.1, -0.05) is 30.0 Å². The number of aromatic hydroxyl groups is 1. The topological polar surface area (TPSA) is 59.0 Å². The summed E-state index contributed by atoms with van der Waals surface area (Å²) >= 11 is 6.46. The van der Waals surface area contributed by atoms with Crippen molar-refractivity contribution < 1.29 is 19.4 Å². The molecule has 2 rings (SSSR count). The first-order valence-corrected chi connectivity index (χ1v) is 7.40. The molecular formula is C14H15NO4S2. The van der Waals surface area contributed by atoms with Crippen LogP contribution in [0.5, 0.6) is 11.5 Å². The lowest BCUT2D eigenvalue weighted by atomic mass is 10.2. The van der Waals surface area contributed by atoms with Gasteiger partial charge in [0.2, 0.25) is 0 Å². The maximum Gasteiger partial charge on any atom is 0.266 e. The van der Waals surface area contributed by atoms with Crippen LogP contribution in [0.25, 0.3) is 6.08 Å². The molecule has 21 heavy (non-hydrogen) atoms. The SMILES string of the molecule is COCCN1C(=O)/C(=C/c2ccc(O)c(OC)c2)SC1=S. The van der Waals surface area contributed by atoms with Crippen LogP contribution in [0.3, 0.4) is 0 Å². The number of phenols is 1. The van der Waals surface area contributed by atoms with Gasteiger partial charge in [0.15, 0.2) is 11.5 Å². The number of ether oxygens (including phenoxy) is 2. The average molecular weight is 325 g/mol. The third-order valence-electron chi connectivity index (χ3n) is 2.89. The minimum Gasteiger partial charge on any atom is -0.504 e. The monoisotopic (exact) mass is 325 g/mol. The van der Waals surface area contributed by atoms with E-state index in [1.165, 1.54) is 29.8 Å². The summed E-state index contributed by atoms with van der Waals surface area (Å²) in [7, 11) is 3.05. The Labute approximate surface area is 132 Å². The molecule has 0 radical (unpaired) electrons. The van der Waals surface area contributed by atoms with E-state index in [2.05, 4.69) is 0 Å². The van der Waals surface area contributed by atoms with Crippen LogP contribution in [0.4, 0.5) is 0 Å². The van der Waals surface area contributed by atoms with Crippen molar-refractivity contribution in [3.63, 3.8) is 0 Å². The van der Waals surface area contributed by atoms with E-state index in [0.29, 0.717) is 28.1 Å². The minimum atomic E-state index is -0.130. The molecule has 0 spiro atoms. The lowest BCUT2D eigenvalue weighted by Crippen LogP contribution is -2.31. The molecule has 1 fully saturated rings. The first kappa shape index (κ1) is 15.8. The van der Waals surface area contributed by atoms with Gasteiger partial charge in [-0.15, -0.1) is 0 Å². The summed E-state index contributed by atoms with van der Waals surface area (Å²) in [5, 5.41) is 9.57. The van der Waals surface area contributed by atoms with Crippen LogP contribution in [-0.2, 0) is 9.53 Å². The highest BCUT2D eigenvalue weighted by Crippen LogP contribution is 2.34. The van der Waals surface area contributed by atoms with Crippen LogP contribution in [0, 0.1) is 0 Å². The predicted molar refractivity (Wildman–Crippen MR) is 86.4 cm³/mol. The van der Waals surface area contributed by atoms with Crippen molar-refractivity contribution in [2.75, 3.05) is 27.4 Å². The van der Waals surface area contributed by atoms with E-state index in [-0.39, 0.29) is 11.7 Å². The van der Waals surface area contributed by atoms with Gasteiger partial charge >= 0.3 is 0 Å². The van der Waals surface area contributed by atoms with Crippen molar-refractivity contribution in [2.24, 2.45) is 0 Å². The van der Waals surface area contributed by atoms with Crippen molar-refractivity contribution in [1.29, 1.82) is 0 Å². The van der Waals surface area contributed by atoms with E-state index in [0.717, 1.165) is 5.56 Å². The Morgan fingerprint density at radius 2 is 2.19 bits per heavy atom. The van der Waals surface area contributed by atoms with Crippen LogP contribution >= 0.6 is 24.0 Å². The molecule has 0 unspecified atom stereocenters. The molecule has 0 bridgehead atoms. The fraction of sp³-hybridized carbons (Fsp3) is 0.286. The van der Waals surface area contributed by atoms with Gasteiger partial charge in [0.25, 0.3) is 5.91 Å². The Kier molecular flexibility index (Phi) is 5.22. The second-order valence-electron chi connectivity index (χ2n) is 4.26. The lowest BCUT2D eigenvalue weighted by Gasteiger charge is -2.12. The molecule has 1 heterocycles. The van der Waals surface area contributed by atoms with Gasteiger partial charge in [-0.3, -0.25) is 9.69 Å². The van der Waals surface area contributed by atoms with Gasteiger partial charge in [0.05, 0.1) is 25.2 Å². The molecule has 1 N–H and O–H groups in total. The fourth-order valence-corrected chi connectivity index (χ4v) is 3.12. The first-order valence-electron chi connectivity index (χ1n) is 6.18. The number of thioether (sulfide) groups is 1. The van der Waals surface area contributed by atoms with Gasteiger partial charge in [-0.05, 0) is 23.8 Å². The molecule has 1 aromatic rings. The number of nitrogens with zero attached hydrogens (tertiary/aromatic N) is 1. The highest BCUT2D eigenvalue weighted by atomic mass is 32.2. The maximum atomic E-state index is 12.3. The number of amides is 1. The molecule has 1 aliphatic heterocycles. The van der Waals surface area contributed by atoms with Crippen LogP contribution in [-0.4, -0.2) is 47.6 Å². The summed E-state index contributed by atoms with van der Waals surface area (Å²) in [4.78, 5) is 14.3. The molecule has 5 nitrogen and oxygen atoms in total. The molecule has 1 aromatic carbocycles. The number of carbonyl (C=O) groups is 1. The molecule has 1 aliphatic rings. The number of thiocarbonyl (C=S) groups is 1. The number of methoxy groups -OCH3 is 2. The summed E-state index contributed by atoms with van der Waals surface area (Å²) in [6, 6.07) is 4.90. The third kappa shape index (κ3) is 3.55. The van der Waals surface area contributed by atoms with E-state index < -0.39 is 0 Å². The Morgan fingerprint density at radius 1 is 1.43 bits per heavy atom. The van der Waals surface area contributed by atoms with Gasteiger partial charge < -0.3 is 14.6 Å². The Bertz CT molecular complexity index is 601. The van der Waals surface area contributed by atoms with E-state index in [9.17, 15) is 9.90 Å². The minimum absolute atomic E-state index is 0.0577. The normalized spacial score (nSPS) is 16.9. The largest absolute Gasteiger partial charge is 0.504 e. The molecule has 7 heteroatoms. The van der Waals surface area contributed by atoms with Crippen molar-refractivity contribution in [2.45, 2.75) is 0 Å². The van der Waals surface area contributed by atoms with E-state index in [4.69, 9.17) is 21.7 Å². The van der Waals surface area contributed by atoms with Gasteiger partial charge in [-0.25, -0.2) is 0 Å². The number of phenolic OH excluding ortho intramolecular Hbond substituents is 1. The summed E-state index contributed by atoms with van der Waals surface area (Å²) in [5.41, 5.74) is 0.761. The number of hydrogen-bond donors (Lipinski definition) is 1. The molecule has 112 valence electrons. The molecule has 1 saturated heterocycles. The van der Waals surface area contributed by atoms with Gasteiger partial charge in [0.1, 0.15) is 4.32 Å². The van der Waals surface area contributed by atoms with Crippen molar-refractivity contribution in [1.82, 2.24) is 4.90 Å². The van der Waals surface area contributed by atoms with Crippen molar-refractivity contribution in [3.8, 4) is 11.5 Å². The average Bonchev–Trinajstić information content (AvgIpc) is 2.73. The Balaban J connectivity index is 2.22. The van der Waals surface area contributed by atoms with Crippen LogP contribution in [0.2, 0.25) is 0 Å². The Hall–Kier alpha value is -1.57. The van der Waals surface area contributed by atoms with E-state index in [1.807, 2.05) is 0 Å². The van der Waals surface area contributed by atoms with Gasteiger partial charge in [-0.2, -0.15) is 0 Å². The molecule has 0 atom stereocenters. The Morgan fingerprint density at radius 3 is 2.86 bits per heavy atom. The zero-order valence-corrected chi connectivity index (χ0v) is 13.3. The quantitative estimate of drug-likeness (QED) is 0.662. The summed E-state index contributed by atoms with van der Waals surface area (Å²) in [5.74, 6) is 0.287. The smallest absolute Gasteiger partial charge is 0.266 e. The van der Waals surface area contributed by atoms with Crippen LogP contribution < -0.4 is 4.74 Å². The zero-order chi connectivity index (χ0) is 15.4. The summed E-state index contributed by atoms with van der Waals surface area (Å²) < 4.78 is 10.5. The zero-order valence-electron chi connectivity index (χ0n) is 11.7. The fourth-order valence-electron chi connectivity index (χ4n) is 1.81. The molecule has 0 aromatic heterocycles. The van der Waals surface area contributed by atoms with Crippen molar-refractivity contribution in [3.05, 3.63) is 28.7 Å².